The van der Waals surface area contributed by atoms with Crippen LogP contribution in [0.15, 0.2) is 16.4 Å². The van der Waals surface area contributed by atoms with Gasteiger partial charge in [0.15, 0.2) is 0 Å². The first kappa shape index (κ1) is 79.6. The molecule has 0 aromatic carbocycles. The summed E-state index contributed by atoms with van der Waals surface area (Å²) in [6.45, 7) is 4.73. The molecule has 0 aliphatic carbocycles. The zero-order valence-electron chi connectivity index (χ0n) is 9.48. The van der Waals surface area contributed by atoms with Gasteiger partial charge in [-0.15, -0.1) is 11.3 Å². The summed E-state index contributed by atoms with van der Waals surface area (Å²) in [5.74, 6) is 0. The summed E-state index contributed by atoms with van der Waals surface area (Å²) in [5.41, 5.74) is 0. The quantitative estimate of drug-likeness (QED) is 0.186. The van der Waals surface area contributed by atoms with Crippen LogP contribution in [0, 0.1) is 12.0 Å². The molecule has 0 fully saturated rings. The molecule has 0 saturated heterocycles. The fourth-order valence-electron chi connectivity index (χ4n) is 0.0718. The van der Waals surface area contributed by atoms with Crippen LogP contribution in [0.5, 0.6) is 0 Å². The molecule has 0 aliphatic rings. The van der Waals surface area contributed by atoms with Crippen molar-refractivity contribution in [3.05, 3.63) is 12.8 Å². The van der Waals surface area contributed by atoms with E-state index in [0.717, 1.165) is 12.5 Å². The molecule has 0 bridgehead atoms. The van der Waals surface area contributed by atoms with Crippen molar-refractivity contribution in [1.82, 2.24) is 0 Å². The van der Waals surface area contributed by atoms with Gasteiger partial charge in [0, 0.05) is 360 Å². The van der Waals surface area contributed by atoms with E-state index in [9.17, 15) is 0 Å². The van der Waals surface area contributed by atoms with Gasteiger partial charge in [-0.25, -0.2) is 0 Å². The van der Waals surface area contributed by atoms with Crippen molar-refractivity contribution in [2.75, 3.05) is 0 Å². The molecule has 17 heavy (non-hydrogen) atoms. The van der Waals surface area contributed by atoms with Gasteiger partial charge in [0.25, 0.3) is 0 Å². The van der Waals surface area contributed by atoms with E-state index in [2.05, 4.69) is 10.2 Å². The van der Waals surface area contributed by atoms with Crippen LogP contribution in [-0.2, 0) is 360 Å². The average molecular weight is 1060 g/mol. The van der Waals surface area contributed by atoms with Crippen molar-refractivity contribution in [2.45, 2.75) is 0 Å². The first-order valence-corrected chi connectivity index (χ1v) is 1.34. The Hall–Kier alpha value is 11.2. The number of azo groups is 1. The number of rotatable bonds is 2. The molecule has 0 aliphatic heterocycles. The second-order valence-corrected chi connectivity index (χ2v) is 0.509. The summed E-state index contributed by atoms with van der Waals surface area (Å²) in [6.07, 6.45) is 1.83. The number of hydrogen-bond donors (Lipinski definition) is 1. The van der Waals surface area contributed by atoms with Crippen molar-refractivity contribution in [3.63, 3.8) is 0 Å². The van der Waals surface area contributed by atoms with Crippen LogP contribution in [0.4, 0.5) is 0 Å². The average Bonchev–Trinajstić information content (AvgIpc) is 1.61. The summed E-state index contributed by atoms with van der Waals surface area (Å²) in [7, 11) is 0. The normalized spacial score (nSPS) is 3.06. The molecule has 1 N–H and O–H groups in total. The van der Waals surface area contributed by atoms with Gasteiger partial charge in [-0.2, -0.15) is 5.11 Å². The molecule has 0 spiro atoms. The summed E-state index contributed by atoms with van der Waals surface area (Å²) < 4.78 is 0. The summed E-state index contributed by atoms with van der Waals surface area (Å²) >= 11 is 0. The third kappa shape index (κ3) is 85.8. The smallest absolute Gasteiger partial charge is 0.129 e. The third-order valence-corrected chi connectivity index (χ3v) is 0.191. The fourth-order valence-corrected chi connectivity index (χ4v) is 0.0718. The van der Waals surface area contributed by atoms with E-state index in [-0.39, 0.29) is 360 Å². The monoisotopic (exact) mass is 1060 g/mol. The molecule has 11 radical (unpaired) electrons. The van der Waals surface area contributed by atoms with Gasteiger partial charge in [-0.05, 0) is 0 Å². The minimum atomic E-state index is 0. The fraction of sp³-hybridized carbons (Fsp3) is 0. The Morgan fingerprint density at radius 1 is 0.588 bits per heavy atom. The van der Waals surface area contributed by atoms with Gasteiger partial charge in [0.2, 0.25) is 0 Å². The van der Waals surface area contributed by atoms with E-state index >= 15 is 0 Å². The molecule has 14 heteroatoms. The van der Waals surface area contributed by atoms with Gasteiger partial charge in [-0.3, -0.25) is 5.41 Å². The largest absolute Gasteiger partial charge is 0.493 e. The van der Waals surface area contributed by atoms with Crippen molar-refractivity contribution in [1.29, 1.82) is 5.41 Å². The van der Waals surface area contributed by atoms with Gasteiger partial charge in [0.05, 0.1) is 0 Å². The van der Waals surface area contributed by atoms with E-state index in [4.69, 9.17) is 12.0 Å². The first-order valence-electron chi connectivity index (χ1n) is 1.34. The second-order valence-electron chi connectivity index (χ2n) is 0.509. The minimum Gasteiger partial charge on any atom is -0.493 e. The summed E-state index contributed by atoms with van der Waals surface area (Å²) in [4.78, 5) is 0. The van der Waals surface area contributed by atoms with Crippen molar-refractivity contribution in [2.24, 2.45) is 10.2 Å². The van der Waals surface area contributed by atoms with Crippen molar-refractivity contribution >= 4 is 6.34 Å². The maximum Gasteiger partial charge on any atom is 0.129 e. The Labute approximate surface area is 381 Å². The van der Waals surface area contributed by atoms with Crippen molar-refractivity contribution < 1.29 is 360 Å². The van der Waals surface area contributed by atoms with Gasteiger partial charge in [0.1, 0.15) is 6.34 Å². The van der Waals surface area contributed by atoms with Gasteiger partial charge < -0.3 is 6.58 Å². The van der Waals surface area contributed by atoms with Crippen molar-refractivity contribution in [3.8, 4) is 0 Å². The van der Waals surface area contributed by atoms with E-state index in [1.165, 1.54) is 0 Å². The molecule has 65 valence electrons. The Bertz CT molecular complexity index is 80.0. The predicted molar refractivity (Wildman–Crippen MR) is 22.5 cm³/mol. The Morgan fingerprint density at radius 2 is 0.824 bits per heavy atom. The van der Waals surface area contributed by atoms with Crippen LogP contribution in [0.25, 0.3) is 0 Å². The molecule has 0 aromatic heterocycles. The molecular formula is C3H4N3Y11-. The minimum absolute atomic E-state index is 0. The molecular weight excluding hydrogens is 1060 g/mol. The third-order valence-electron chi connectivity index (χ3n) is 0.191. The Kier molecular flexibility index (Phi) is 379. The van der Waals surface area contributed by atoms with Gasteiger partial charge >= 0.3 is 0 Å². The topological polar surface area (TPSA) is 48.6 Å². The molecule has 0 saturated carbocycles. The SMILES string of the molecule is [CH-]=CN=NC=N.[Y].[Y].[Y].[Y].[Y].[Y].[Y].[Y].[Y].[Y].[Y]. The zero-order chi connectivity index (χ0) is 4.83. The second kappa shape index (κ2) is 80.9. The van der Waals surface area contributed by atoms with E-state index in [1.807, 2.05) is 0 Å². The van der Waals surface area contributed by atoms with Gasteiger partial charge in [-0.1, -0.05) is 0 Å². The van der Waals surface area contributed by atoms with E-state index < -0.39 is 0 Å². The standard InChI is InChI=1S/C3H4N3.11Y/c1-2-5-6-3-4;;;;;;;;;;;/h1-4H;;;;;;;;;;;/q-1;;;;;;;;;;;. The number of hydrogen-bond acceptors (Lipinski definition) is 2. The number of nitrogens with zero attached hydrogens (tertiary/aromatic N) is 2. The van der Waals surface area contributed by atoms with E-state index in [1.54, 1.807) is 0 Å². The maximum absolute atomic E-state index is 6.24. The van der Waals surface area contributed by atoms with E-state index in [0.29, 0.717) is 0 Å². The van der Waals surface area contributed by atoms with Crippen LogP contribution in [0.3, 0.4) is 0 Å². The molecule has 0 atom stereocenters. The number of nitrogens with one attached hydrogen (secondary N) is 1. The predicted octanol–water partition coefficient (Wildman–Crippen LogP) is 0.965. The molecule has 0 unspecified atom stereocenters. The van der Waals surface area contributed by atoms with Crippen LogP contribution < -0.4 is 0 Å². The van der Waals surface area contributed by atoms with Crippen LogP contribution >= 0.6 is 0 Å². The zero-order valence-corrected chi connectivity index (χ0v) is 40.7. The molecule has 0 heterocycles. The Balaban J connectivity index is -0.00000000227. The molecule has 0 aromatic rings. The first-order chi connectivity index (χ1) is 2.91. The van der Waals surface area contributed by atoms with Crippen LogP contribution in [0.2, 0.25) is 0 Å². The van der Waals surface area contributed by atoms with Crippen LogP contribution in [0.1, 0.15) is 0 Å². The van der Waals surface area contributed by atoms with Crippen LogP contribution in [-0.4, -0.2) is 6.34 Å². The Morgan fingerprint density at radius 3 is 0.882 bits per heavy atom. The molecule has 3 nitrogen and oxygen atoms in total. The summed E-state index contributed by atoms with van der Waals surface area (Å²) in [5, 5.41) is 12.4. The molecule has 0 rings (SSSR count). The molecule has 0 amide bonds. The maximum atomic E-state index is 6.24. The summed E-state index contributed by atoms with van der Waals surface area (Å²) in [6, 6.07) is 0.